The molecule has 1 aromatic rings. The molecule has 0 spiro atoms. The Morgan fingerprint density at radius 3 is 2.47 bits per heavy atom. The zero-order valence-corrected chi connectivity index (χ0v) is 7.73. The normalized spacial score (nSPS) is 8.80. The maximum atomic E-state index is 10.7. The van der Waals surface area contributed by atoms with E-state index in [0.29, 0.717) is 5.56 Å². The number of aromatic carboxylic acids is 1. The number of carbonyl (C=O) groups is 2. The topological polar surface area (TPSA) is 74.6 Å². The molecule has 0 saturated heterocycles. The van der Waals surface area contributed by atoms with Gasteiger partial charge in [-0.3, -0.25) is 4.79 Å². The Labute approximate surface area is 86.2 Å². The quantitative estimate of drug-likeness (QED) is 0.710. The molecule has 0 radical (unpaired) electrons. The second-order valence-electron chi connectivity index (χ2n) is 2.72. The largest absolute Gasteiger partial charge is 0.481 e. The molecule has 2 N–H and O–H groups in total. The van der Waals surface area contributed by atoms with Crippen LogP contribution in [0.3, 0.4) is 0 Å². The monoisotopic (exact) mass is 204 g/mol. The van der Waals surface area contributed by atoms with Crippen LogP contribution < -0.4 is 0 Å². The van der Waals surface area contributed by atoms with Crippen LogP contribution in [-0.2, 0) is 4.79 Å². The first kappa shape index (κ1) is 10.8. The van der Waals surface area contributed by atoms with Crippen LogP contribution in [0.5, 0.6) is 0 Å². The molecular weight excluding hydrogens is 196 g/mol. The van der Waals surface area contributed by atoms with Gasteiger partial charge in [-0.1, -0.05) is 24.0 Å². The maximum absolute atomic E-state index is 10.7. The minimum Gasteiger partial charge on any atom is -0.481 e. The molecule has 4 nitrogen and oxygen atoms in total. The van der Waals surface area contributed by atoms with E-state index in [2.05, 4.69) is 11.8 Å². The molecule has 0 heterocycles. The summed E-state index contributed by atoms with van der Waals surface area (Å²) in [5.41, 5.74) is 0.404. The SMILES string of the molecule is O=C(O)CC#Cc1ccccc1C(=O)O. The summed E-state index contributed by atoms with van der Waals surface area (Å²) in [5.74, 6) is 2.79. The van der Waals surface area contributed by atoms with E-state index in [1.807, 2.05) is 0 Å². The number of hydrogen-bond donors (Lipinski definition) is 2. The van der Waals surface area contributed by atoms with Crippen molar-refractivity contribution in [1.29, 1.82) is 0 Å². The molecule has 0 amide bonds. The molecule has 0 aromatic heterocycles. The van der Waals surface area contributed by atoms with Gasteiger partial charge in [-0.15, -0.1) is 0 Å². The van der Waals surface area contributed by atoms with Crippen LogP contribution in [0, 0.1) is 11.8 Å². The van der Waals surface area contributed by atoms with Gasteiger partial charge in [-0.25, -0.2) is 4.79 Å². The van der Waals surface area contributed by atoms with Crippen molar-refractivity contribution in [3.8, 4) is 11.8 Å². The van der Waals surface area contributed by atoms with E-state index < -0.39 is 11.9 Å². The van der Waals surface area contributed by atoms with Crippen LogP contribution in [0.25, 0.3) is 0 Å². The number of benzene rings is 1. The second-order valence-corrected chi connectivity index (χ2v) is 2.72. The van der Waals surface area contributed by atoms with Gasteiger partial charge in [0.05, 0.1) is 5.56 Å². The minimum atomic E-state index is -1.07. The van der Waals surface area contributed by atoms with Crippen LogP contribution in [0.4, 0.5) is 0 Å². The molecule has 0 fully saturated rings. The Morgan fingerprint density at radius 2 is 1.87 bits per heavy atom. The number of carboxylic acid groups (broad SMARTS) is 2. The first-order chi connectivity index (χ1) is 7.11. The standard InChI is InChI=1S/C11H8O4/c12-10(13)7-3-5-8-4-1-2-6-9(8)11(14)15/h1-2,4,6H,7H2,(H,12,13)(H,14,15). The smallest absolute Gasteiger partial charge is 0.336 e. The molecule has 0 saturated carbocycles. The van der Waals surface area contributed by atoms with Crippen molar-refractivity contribution in [2.45, 2.75) is 6.42 Å². The Bertz CT molecular complexity index is 451. The van der Waals surface area contributed by atoms with Crippen molar-refractivity contribution in [3.63, 3.8) is 0 Å². The molecule has 1 aromatic carbocycles. The summed E-state index contributed by atoms with van der Waals surface area (Å²) in [4.78, 5) is 20.9. The van der Waals surface area contributed by atoms with Crippen molar-refractivity contribution < 1.29 is 19.8 Å². The lowest BCUT2D eigenvalue weighted by Crippen LogP contribution is -1.99. The van der Waals surface area contributed by atoms with Crippen LogP contribution >= 0.6 is 0 Å². The third-order valence-corrected chi connectivity index (χ3v) is 1.62. The van der Waals surface area contributed by atoms with E-state index in [1.165, 1.54) is 12.1 Å². The fourth-order valence-corrected chi connectivity index (χ4v) is 0.994. The number of aliphatic carboxylic acids is 1. The molecule has 4 heteroatoms. The molecule has 0 bridgehead atoms. The van der Waals surface area contributed by atoms with Crippen LogP contribution in [0.1, 0.15) is 22.3 Å². The van der Waals surface area contributed by atoms with Gasteiger partial charge in [0.1, 0.15) is 6.42 Å². The summed E-state index contributed by atoms with van der Waals surface area (Å²) in [6, 6.07) is 6.20. The van der Waals surface area contributed by atoms with Crippen LogP contribution in [0.15, 0.2) is 24.3 Å². The summed E-state index contributed by atoms with van der Waals surface area (Å²) in [6.45, 7) is 0. The summed E-state index contributed by atoms with van der Waals surface area (Å²) in [7, 11) is 0. The number of carboxylic acids is 2. The van der Waals surface area contributed by atoms with E-state index in [-0.39, 0.29) is 12.0 Å². The van der Waals surface area contributed by atoms with Crippen molar-refractivity contribution >= 4 is 11.9 Å². The molecule has 0 aliphatic rings. The highest BCUT2D eigenvalue weighted by molar-refractivity contribution is 5.90. The average molecular weight is 204 g/mol. The highest BCUT2D eigenvalue weighted by atomic mass is 16.4. The Hall–Kier alpha value is -2.28. The third-order valence-electron chi connectivity index (χ3n) is 1.62. The van der Waals surface area contributed by atoms with Gasteiger partial charge in [-0.2, -0.15) is 0 Å². The van der Waals surface area contributed by atoms with E-state index >= 15 is 0 Å². The van der Waals surface area contributed by atoms with Crippen molar-refractivity contribution in [3.05, 3.63) is 35.4 Å². The lowest BCUT2D eigenvalue weighted by Gasteiger charge is -1.96. The van der Waals surface area contributed by atoms with Gasteiger partial charge in [0, 0.05) is 5.56 Å². The van der Waals surface area contributed by atoms with Gasteiger partial charge in [0.25, 0.3) is 0 Å². The van der Waals surface area contributed by atoms with E-state index in [0.717, 1.165) is 0 Å². The van der Waals surface area contributed by atoms with Gasteiger partial charge in [0.15, 0.2) is 0 Å². The summed E-state index contributed by atoms with van der Waals surface area (Å²) in [5, 5.41) is 17.1. The zero-order valence-electron chi connectivity index (χ0n) is 7.73. The third kappa shape index (κ3) is 3.16. The summed E-state index contributed by atoms with van der Waals surface area (Å²) < 4.78 is 0. The molecular formula is C11H8O4. The van der Waals surface area contributed by atoms with Crippen molar-refractivity contribution in [1.82, 2.24) is 0 Å². The van der Waals surface area contributed by atoms with Gasteiger partial charge >= 0.3 is 11.9 Å². The Morgan fingerprint density at radius 1 is 1.20 bits per heavy atom. The predicted molar refractivity (Wildman–Crippen MR) is 52.5 cm³/mol. The molecule has 0 aliphatic heterocycles. The first-order valence-corrected chi connectivity index (χ1v) is 4.14. The summed E-state index contributed by atoms with van der Waals surface area (Å²) in [6.07, 6.45) is -0.298. The molecule has 0 unspecified atom stereocenters. The fraction of sp³-hybridized carbons (Fsp3) is 0.0909. The molecule has 15 heavy (non-hydrogen) atoms. The fourth-order valence-electron chi connectivity index (χ4n) is 0.994. The lowest BCUT2D eigenvalue weighted by atomic mass is 10.1. The highest BCUT2D eigenvalue weighted by Gasteiger charge is 2.05. The first-order valence-electron chi connectivity index (χ1n) is 4.14. The minimum absolute atomic E-state index is 0.0791. The molecule has 76 valence electrons. The van der Waals surface area contributed by atoms with Crippen molar-refractivity contribution in [2.24, 2.45) is 0 Å². The number of rotatable bonds is 2. The highest BCUT2D eigenvalue weighted by Crippen LogP contribution is 2.06. The zero-order chi connectivity index (χ0) is 11.3. The van der Waals surface area contributed by atoms with E-state index in [4.69, 9.17) is 10.2 Å². The Balaban J connectivity index is 2.97. The van der Waals surface area contributed by atoms with Crippen LogP contribution in [-0.4, -0.2) is 22.2 Å². The molecule has 0 aliphatic carbocycles. The molecule has 1 rings (SSSR count). The van der Waals surface area contributed by atoms with Crippen molar-refractivity contribution in [2.75, 3.05) is 0 Å². The molecule has 0 atom stereocenters. The Kier molecular flexibility index (Phi) is 3.47. The van der Waals surface area contributed by atoms with Gasteiger partial charge in [-0.05, 0) is 12.1 Å². The number of hydrogen-bond acceptors (Lipinski definition) is 2. The van der Waals surface area contributed by atoms with E-state index in [1.54, 1.807) is 12.1 Å². The van der Waals surface area contributed by atoms with Gasteiger partial charge in [0.2, 0.25) is 0 Å². The summed E-state index contributed by atoms with van der Waals surface area (Å²) >= 11 is 0. The average Bonchev–Trinajstić information content (AvgIpc) is 2.17. The second kappa shape index (κ2) is 4.82. The maximum Gasteiger partial charge on any atom is 0.336 e. The lowest BCUT2D eigenvalue weighted by molar-refractivity contribution is -0.135. The predicted octanol–water partition coefficient (Wildman–Crippen LogP) is 1.21. The van der Waals surface area contributed by atoms with Gasteiger partial charge < -0.3 is 10.2 Å². The van der Waals surface area contributed by atoms with Crippen LogP contribution in [0.2, 0.25) is 0 Å². The van der Waals surface area contributed by atoms with E-state index in [9.17, 15) is 9.59 Å².